The zero-order valence-electron chi connectivity index (χ0n) is 12.6. The maximum atomic E-state index is 3.64. The summed E-state index contributed by atoms with van der Waals surface area (Å²) in [6.07, 6.45) is 0. The molecule has 0 saturated heterocycles. The third-order valence-corrected chi connectivity index (χ3v) is 8.84. The Bertz CT molecular complexity index is 757. The van der Waals surface area contributed by atoms with Crippen molar-refractivity contribution in [3.8, 4) is 0 Å². The second kappa shape index (κ2) is 8.45. The molecule has 3 aromatic carbocycles. The summed E-state index contributed by atoms with van der Waals surface area (Å²) in [5, 5.41) is 2.84. The predicted molar refractivity (Wildman–Crippen MR) is 120 cm³/mol. The quantitative estimate of drug-likeness (QED) is 0.335. The molecule has 0 heterocycles. The number of benzene rings is 3. The fraction of sp³-hybridized carbons (Fsp3) is 0.0526. The summed E-state index contributed by atoms with van der Waals surface area (Å²) >= 11 is 14.6. The molecule has 0 aromatic heterocycles. The second-order valence-corrected chi connectivity index (χ2v) is 12.2. The van der Waals surface area contributed by atoms with E-state index in [1.165, 1.54) is 15.9 Å². The summed E-state index contributed by atoms with van der Waals surface area (Å²) in [5.41, 5.74) is 1.39. The largest absolute Gasteiger partial charge is 0.107 e. The molecule has 0 spiro atoms. The minimum atomic E-state index is -1.41. The van der Waals surface area contributed by atoms with E-state index >= 15 is 0 Å². The molecule has 0 nitrogen and oxygen atoms in total. The number of hydrogen-bond donors (Lipinski definition) is 0. The van der Waals surface area contributed by atoms with E-state index in [0.29, 0.717) is 0 Å². The van der Waals surface area contributed by atoms with E-state index in [9.17, 15) is 0 Å². The van der Waals surface area contributed by atoms with Crippen LogP contribution in [-0.2, 0) is 6.04 Å². The lowest BCUT2D eigenvalue weighted by atomic mass is 10.2. The highest BCUT2D eigenvalue weighted by Crippen LogP contribution is 2.19. The van der Waals surface area contributed by atoms with Gasteiger partial charge in [0.15, 0.2) is 0 Å². The molecule has 0 atom stereocenters. The average Bonchev–Trinajstić information content (AvgIpc) is 2.51. The predicted octanol–water partition coefficient (Wildman–Crippen LogP) is 5.86. The van der Waals surface area contributed by atoms with Crippen molar-refractivity contribution in [1.29, 1.82) is 0 Å². The lowest BCUT2D eigenvalue weighted by molar-refractivity contribution is 1.37. The fourth-order valence-corrected chi connectivity index (χ4v) is 9.59. The third-order valence-electron chi connectivity index (χ3n) is 3.86. The third kappa shape index (κ3) is 4.91. The summed E-state index contributed by atoms with van der Waals surface area (Å²) < 4.78 is 4.47. The van der Waals surface area contributed by atoms with Crippen molar-refractivity contribution in [3.05, 3.63) is 90.2 Å². The molecule has 3 aromatic rings. The van der Waals surface area contributed by atoms with Gasteiger partial charge in [-0.3, -0.25) is 0 Å². The van der Waals surface area contributed by atoms with Gasteiger partial charge >= 0.3 is 0 Å². The molecular weight excluding hydrogens is 576 g/mol. The van der Waals surface area contributed by atoms with E-state index in [0.717, 1.165) is 23.9 Å². The van der Waals surface area contributed by atoms with Crippen molar-refractivity contribution in [2.45, 2.75) is 6.04 Å². The number of rotatable bonds is 4. The van der Waals surface area contributed by atoms with Crippen molar-refractivity contribution in [2.75, 3.05) is 0 Å². The lowest BCUT2D eigenvalue weighted by Crippen LogP contribution is -2.44. The molecule has 24 heavy (non-hydrogen) atoms. The zero-order valence-corrected chi connectivity index (χ0v) is 20.1. The molecular formula is C19H14Br4Si. The van der Waals surface area contributed by atoms with Crippen molar-refractivity contribution < 1.29 is 0 Å². The van der Waals surface area contributed by atoms with E-state index in [4.69, 9.17) is 0 Å². The van der Waals surface area contributed by atoms with E-state index < -0.39 is 8.80 Å². The van der Waals surface area contributed by atoms with Crippen LogP contribution in [0.4, 0.5) is 0 Å². The average molecular weight is 590 g/mol. The number of hydrogen-bond acceptors (Lipinski definition) is 0. The summed E-state index contributed by atoms with van der Waals surface area (Å²) in [4.78, 5) is 0. The van der Waals surface area contributed by atoms with Gasteiger partial charge in [-0.2, -0.15) is 0 Å². The summed E-state index contributed by atoms with van der Waals surface area (Å²) in [6.45, 7) is 0. The van der Waals surface area contributed by atoms with Gasteiger partial charge in [-0.05, 0) is 42.4 Å². The molecule has 3 rings (SSSR count). The van der Waals surface area contributed by atoms with Gasteiger partial charge in [0.1, 0.15) is 8.80 Å². The Morgan fingerprint density at radius 2 is 1.00 bits per heavy atom. The van der Waals surface area contributed by atoms with Crippen molar-refractivity contribution in [3.63, 3.8) is 0 Å². The highest BCUT2D eigenvalue weighted by Gasteiger charge is 2.19. The van der Waals surface area contributed by atoms with Gasteiger partial charge in [-0.1, -0.05) is 110 Å². The van der Waals surface area contributed by atoms with Crippen LogP contribution < -0.4 is 10.4 Å². The SMILES string of the molecule is Brc1cc(Br)cc([SiH](Cc2ccccc2)c2cc(Br)cc(Br)c2)c1. The first-order chi connectivity index (χ1) is 11.5. The molecule has 0 aliphatic heterocycles. The van der Waals surface area contributed by atoms with Gasteiger partial charge in [0, 0.05) is 17.9 Å². The van der Waals surface area contributed by atoms with Gasteiger partial charge in [-0.25, -0.2) is 0 Å². The first-order valence-corrected chi connectivity index (χ1v) is 12.6. The first-order valence-electron chi connectivity index (χ1n) is 7.47. The molecule has 0 bridgehead atoms. The van der Waals surface area contributed by atoms with Crippen LogP contribution in [0.5, 0.6) is 0 Å². The molecule has 122 valence electrons. The van der Waals surface area contributed by atoms with Crippen molar-refractivity contribution >= 4 is 82.9 Å². The van der Waals surface area contributed by atoms with Crippen molar-refractivity contribution in [1.82, 2.24) is 0 Å². The van der Waals surface area contributed by atoms with Crippen molar-refractivity contribution in [2.24, 2.45) is 0 Å². The van der Waals surface area contributed by atoms with Crippen LogP contribution in [0.2, 0.25) is 0 Å². The van der Waals surface area contributed by atoms with E-state index in [1.807, 2.05) is 0 Å². The zero-order chi connectivity index (χ0) is 17.1. The molecule has 0 aliphatic carbocycles. The van der Waals surface area contributed by atoms with Crippen LogP contribution >= 0.6 is 63.7 Å². The maximum Gasteiger partial charge on any atom is 0.107 e. The normalized spacial score (nSPS) is 11.0. The van der Waals surface area contributed by atoms with Gasteiger partial charge in [0.25, 0.3) is 0 Å². The highest BCUT2D eigenvalue weighted by molar-refractivity contribution is 9.11. The Kier molecular flexibility index (Phi) is 6.54. The summed E-state index contributed by atoms with van der Waals surface area (Å²) in [6, 6.07) is 25.1. The molecule has 0 N–H and O–H groups in total. The Morgan fingerprint density at radius 1 is 0.583 bits per heavy atom. The Labute approximate surface area is 177 Å². The lowest BCUT2D eigenvalue weighted by Gasteiger charge is -2.18. The van der Waals surface area contributed by atoms with E-state index in [1.54, 1.807) is 0 Å². The van der Waals surface area contributed by atoms with Crippen LogP contribution in [-0.4, -0.2) is 8.80 Å². The Morgan fingerprint density at radius 3 is 1.42 bits per heavy atom. The van der Waals surface area contributed by atoms with Gasteiger partial charge in [0.2, 0.25) is 0 Å². The molecule has 0 amide bonds. The van der Waals surface area contributed by atoms with Crippen LogP contribution in [0.25, 0.3) is 0 Å². The molecule has 5 heteroatoms. The van der Waals surface area contributed by atoms with E-state index in [-0.39, 0.29) is 0 Å². The summed E-state index contributed by atoms with van der Waals surface area (Å²) in [7, 11) is -1.41. The van der Waals surface area contributed by atoms with Crippen LogP contribution in [0.15, 0.2) is 84.6 Å². The Hall–Kier alpha value is -0.203. The molecule has 0 radical (unpaired) electrons. The standard InChI is InChI=1S/C19H14Br4Si/c20-14-6-15(21)9-18(8-14)24(12-13-4-2-1-3-5-13)19-10-16(22)7-17(23)11-19/h1-11,24H,12H2. The fourth-order valence-electron chi connectivity index (χ4n) is 2.83. The summed E-state index contributed by atoms with van der Waals surface area (Å²) in [5.74, 6) is 0. The van der Waals surface area contributed by atoms with E-state index in [2.05, 4.69) is 130 Å². The topological polar surface area (TPSA) is 0 Å². The van der Waals surface area contributed by atoms with Gasteiger partial charge < -0.3 is 0 Å². The molecule has 0 aliphatic rings. The smallest absolute Gasteiger partial charge is 0.0622 e. The first kappa shape index (κ1) is 18.6. The molecule has 0 unspecified atom stereocenters. The Balaban J connectivity index is 2.09. The molecule has 0 saturated carbocycles. The van der Waals surface area contributed by atoms with Crippen LogP contribution in [0.3, 0.4) is 0 Å². The van der Waals surface area contributed by atoms with Crippen LogP contribution in [0.1, 0.15) is 5.56 Å². The second-order valence-electron chi connectivity index (χ2n) is 5.65. The van der Waals surface area contributed by atoms with Crippen LogP contribution in [0, 0.1) is 0 Å². The monoisotopic (exact) mass is 586 g/mol. The minimum Gasteiger partial charge on any atom is -0.0622 e. The molecule has 0 fully saturated rings. The van der Waals surface area contributed by atoms with Gasteiger partial charge in [-0.15, -0.1) is 0 Å². The van der Waals surface area contributed by atoms with Gasteiger partial charge in [0.05, 0.1) is 0 Å². The number of halogens is 4. The highest BCUT2D eigenvalue weighted by atomic mass is 79.9. The maximum absolute atomic E-state index is 3.64. The minimum absolute atomic E-state index is 1.09.